The Morgan fingerprint density at radius 2 is 1.88 bits per heavy atom. The van der Waals surface area contributed by atoms with E-state index in [9.17, 15) is 9.59 Å². The maximum absolute atomic E-state index is 12.5. The molecule has 9 heteroatoms. The molecule has 0 atom stereocenters. The number of hydrogen-bond donors (Lipinski definition) is 3. The van der Waals surface area contributed by atoms with E-state index in [2.05, 4.69) is 20.7 Å². The summed E-state index contributed by atoms with van der Waals surface area (Å²) in [7, 11) is 1.70. The van der Waals surface area contributed by atoms with Crippen molar-refractivity contribution in [2.24, 2.45) is 0 Å². The summed E-state index contributed by atoms with van der Waals surface area (Å²) in [6.07, 6.45) is 4.20. The number of aromatic nitrogens is 3. The van der Waals surface area contributed by atoms with Crippen LogP contribution in [0.2, 0.25) is 0 Å². The van der Waals surface area contributed by atoms with Gasteiger partial charge in [-0.15, -0.1) is 9.78 Å². The van der Waals surface area contributed by atoms with E-state index in [0.717, 1.165) is 36.1 Å². The zero-order valence-electron chi connectivity index (χ0n) is 14.9. The zero-order chi connectivity index (χ0) is 18.7. The fraction of sp³-hybridized carbons (Fsp3) is 0.412. The molecule has 26 heavy (non-hydrogen) atoms. The fourth-order valence-electron chi connectivity index (χ4n) is 2.94. The van der Waals surface area contributed by atoms with Gasteiger partial charge in [0, 0.05) is 31.4 Å². The molecule has 1 fully saturated rings. The minimum absolute atomic E-state index is 0.0157. The highest BCUT2D eigenvalue weighted by Gasteiger charge is 2.21. The van der Waals surface area contributed by atoms with Crippen molar-refractivity contribution in [3.05, 3.63) is 24.3 Å². The maximum Gasteiger partial charge on any atom is 0.345 e. The van der Waals surface area contributed by atoms with Crippen LogP contribution in [0.4, 0.5) is 28.1 Å². The van der Waals surface area contributed by atoms with Gasteiger partial charge in [0.25, 0.3) is 0 Å². The van der Waals surface area contributed by atoms with Gasteiger partial charge in [-0.2, -0.15) is 4.98 Å². The Balaban J connectivity index is 1.73. The minimum Gasteiger partial charge on any atom is -0.366 e. The van der Waals surface area contributed by atoms with E-state index >= 15 is 0 Å². The smallest absolute Gasteiger partial charge is 0.345 e. The number of nitrogens with zero attached hydrogens (tertiary/aromatic N) is 4. The summed E-state index contributed by atoms with van der Waals surface area (Å²) in [5, 5.41) is 9.97. The molecule has 1 aromatic carbocycles. The van der Waals surface area contributed by atoms with Crippen LogP contribution in [0.25, 0.3) is 0 Å². The monoisotopic (exact) mass is 357 g/mol. The number of carbonyl (C=O) groups excluding carboxylic acids is 2. The SMILES string of the molecule is CC(=O)N(C)c1ccc(Nc2nc(N)nn2C(=O)NC2CCCC2)cc1. The third kappa shape index (κ3) is 3.93. The quantitative estimate of drug-likeness (QED) is 0.771. The van der Waals surface area contributed by atoms with Crippen molar-refractivity contribution in [1.29, 1.82) is 0 Å². The predicted molar refractivity (Wildman–Crippen MR) is 99.4 cm³/mol. The summed E-state index contributed by atoms with van der Waals surface area (Å²) in [5.74, 6) is 0.203. The van der Waals surface area contributed by atoms with Crippen molar-refractivity contribution in [2.45, 2.75) is 38.6 Å². The van der Waals surface area contributed by atoms with Crippen molar-refractivity contribution in [3.63, 3.8) is 0 Å². The number of anilines is 4. The molecule has 0 radical (unpaired) electrons. The lowest BCUT2D eigenvalue weighted by atomic mass is 10.2. The summed E-state index contributed by atoms with van der Waals surface area (Å²) in [4.78, 5) is 29.5. The van der Waals surface area contributed by atoms with E-state index in [1.807, 2.05) is 0 Å². The van der Waals surface area contributed by atoms with Crippen molar-refractivity contribution in [3.8, 4) is 0 Å². The van der Waals surface area contributed by atoms with Crippen LogP contribution in [0.3, 0.4) is 0 Å². The molecule has 1 aliphatic carbocycles. The largest absolute Gasteiger partial charge is 0.366 e. The molecule has 0 bridgehead atoms. The normalized spacial score (nSPS) is 14.2. The molecule has 3 rings (SSSR count). The summed E-state index contributed by atoms with van der Waals surface area (Å²) < 4.78 is 1.14. The van der Waals surface area contributed by atoms with Gasteiger partial charge in [-0.25, -0.2) is 4.79 Å². The molecule has 138 valence electrons. The van der Waals surface area contributed by atoms with Gasteiger partial charge in [-0.3, -0.25) is 4.79 Å². The highest BCUT2D eigenvalue weighted by Crippen LogP contribution is 2.21. The van der Waals surface area contributed by atoms with Gasteiger partial charge < -0.3 is 21.3 Å². The zero-order valence-corrected chi connectivity index (χ0v) is 14.9. The molecule has 0 aliphatic heterocycles. The molecule has 1 heterocycles. The number of nitrogen functional groups attached to an aromatic ring is 1. The number of carbonyl (C=O) groups is 2. The second-order valence-corrected chi connectivity index (χ2v) is 6.39. The van der Waals surface area contributed by atoms with Crippen molar-refractivity contribution < 1.29 is 9.59 Å². The van der Waals surface area contributed by atoms with Gasteiger partial charge in [0.15, 0.2) is 0 Å². The molecule has 4 N–H and O–H groups in total. The molecule has 0 spiro atoms. The summed E-state index contributed by atoms with van der Waals surface area (Å²) in [6.45, 7) is 1.50. The van der Waals surface area contributed by atoms with Crippen LogP contribution < -0.4 is 21.3 Å². The van der Waals surface area contributed by atoms with Gasteiger partial charge in [0.1, 0.15) is 0 Å². The van der Waals surface area contributed by atoms with E-state index in [-0.39, 0.29) is 29.9 Å². The Labute approximate surface area is 151 Å². The molecule has 1 saturated carbocycles. The van der Waals surface area contributed by atoms with Crippen molar-refractivity contribution >= 4 is 35.2 Å². The van der Waals surface area contributed by atoms with Crippen LogP contribution in [-0.4, -0.2) is 39.8 Å². The van der Waals surface area contributed by atoms with Crippen molar-refractivity contribution in [1.82, 2.24) is 20.1 Å². The topological polar surface area (TPSA) is 118 Å². The van der Waals surface area contributed by atoms with Crippen LogP contribution in [-0.2, 0) is 4.79 Å². The fourth-order valence-corrected chi connectivity index (χ4v) is 2.94. The Hall–Kier alpha value is -3.10. The Kier molecular flexibility index (Phi) is 5.06. The first-order chi connectivity index (χ1) is 12.4. The molecule has 2 amide bonds. The van der Waals surface area contributed by atoms with E-state index in [4.69, 9.17) is 5.73 Å². The predicted octanol–water partition coefficient (Wildman–Crippen LogP) is 2.09. The molecular formula is C17H23N7O2. The molecule has 9 nitrogen and oxygen atoms in total. The van der Waals surface area contributed by atoms with E-state index in [1.165, 1.54) is 6.92 Å². The molecule has 0 saturated heterocycles. The van der Waals surface area contributed by atoms with Gasteiger partial charge in [-0.1, -0.05) is 12.8 Å². The van der Waals surface area contributed by atoms with Crippen LogP contribution >= 0.6 is 0 Å². The average Bonchev–Trinajstić information content (AvgIpc) is 3.24. The number of nitrogens with two attached hydrogens (primary N) is 1. The standard InChI is InChI=1S/C17H23N7O2/c1-11(25)23(2)14-9-7-13(8-10-14)19-16-21-15(18)22-24(16)17(26)20-12-5-3-4-6-12/h7-10,12H,3-6H2,1-2H3,(H,20,26)(H3,18,19,21,22). The van der Waals surface area contributed by atoms with Crippen LogP contribution in [0.1, 0.15) is 32.6 Å². The second kappa shape index (κ2) is 7.42. The van der Waals surface area contributed by atoms with Crippen LogP contribution in [0.15, 0.2) is 24.3 Å². The van der Waals surface area contributed by atoms with E-state index in [0.29, 0.717) is 5.69 Å². The Morgan fingerprint density at radius 3 is 2.50 bits per heavy atom. The number of nitrogens with one attached hydrogen (secondary N) is 2. The van der Waals surface area contributed by atoms with Gasteiger partial charge in [0.2, 0.25) is 17.8 Å². The van der Waals surface area contributed by atoms with Gasteiger partial charge in [0.05, 0.1) is 0 Å². The maximum atomic E-state index is 12.5. The minimum atomic E-state index is -0.350. The summed E-state index contributed by atoms with van der Waals surface area (Å²) >= 11 is 0. The molecule has 1 aromatic heterocycles. The number of hydrogen-bond acceptors (Lipinski definition) is 6. The first-order valence-corrected chi connectivity index (χ1v) is 8.59. The Morgan fingerprint density at radius 1 is 1.23 bits per heavy atom. The van der Waals surface area contributed by atoms with Crippen LogP contribution in [0, 0.1) is 0 Å². The van der Waals surface area contributed by atoms with Gasteiger partial charge >= 0.3 is 6.03 Å². The molecular weight excluding hydrogens is 334 g/mol. The van der Waals surface area contributed by atoms with Crippen molar-refractivity contribution in [2.75, 3.05) is 23.0 Å². The van der Waals surface area contributed by atoms with Crippen LogP contribution in [0.5, 0.6) is 0 Å². The first kappa shape index (κ1) is 17.7. The molecule has 2 aromatic rings. The second-order valence-electron chi connectivity index (χ2n) is 6.39. The number of benzene rings is 1. The number of amides is 2. The Bertz CT molecular complexity index is 794. The summed E-state index contributed by atoms with van der Waals surface area (Å²) in [6, 6.07) is 7.00. The lowest BCUT2D eigenvalue weighted by molar-refractivity contribution is -0.116. The first-order valence-electron chi connectivity index (χ1n) is 8.59. The third-order valence-corrected chi connectivity index (χ3v) is 4.48. The lowest BCUT2D eigenvalue weighted by Crippen LogP contribution is -2.37. The van der Waals surface area contributed by atoms with E-state index < -0.39 is 0 Å². The third-order valence-electron chi connectivity index (χ3n) is 4.48. The highest BCUT2D eigenvalue weighted by molar-refractivity contribution is 5.91. The van der Waals surface area contributed by atoms with Gasteiger partial charge in [-0.05, 0) is 37.1 Å². The average molecular weight is 357 g/mol. The number of rotatable bonds is 4. The van der Waals surface area contributed by atoms with E-state index in [1.54, 1.807) is 36.2 Å². The lowest BCUT2D eigenvalue weighted by Gasteiger charge is -2.16. The highest BCUT2D eigenvalue weighted by atomic mass is 16.2. The molecule has 1 aliphatic rings. The summed E-state index contributed by atoms with van der Waals surface area (Å²) in [5.41, 5.74) is 7.14. The molecule has 0 unspecified atom stereocenters.